The van der Waals surface area contributed by atoms with Crippen LogP contribution in [0.4, 0.5) is 0 Å². The SMILES string of the molecule is CC(C)CC(CC(C)C)(C(N)=O)C(N)=O. The van der Waals surface area contributed by atoms with Gasteiger partial charge in [-0.15, -0.1) is 0 Å². The third kappa shape index (κ3) is 3.53. The van der Waals surface area contributed by atoms with Crippen LogP contribution in [0.25, 0.3) is 0 Å². The zero-order valence-electron chi connectivity index (χ0n) is 10.0. The van der Waals surface area contributed by atoms with Gasteiger partial charge in [0, 0.05) is 0 Å². The predicted molar refractivity (Wildman–Crippen MR) is 59.7 cm³/mol. The zero-order chi connectivity index (χ0) is 12.2. The molecule has 0 heterocycles. The van der Waals surface area contributed by atoms with E-state index in [0.717, 1.165) is 0 Å². The zero-order valence-corrected chi connectivity index (χ0v) is 10.0. The van der Waals surface area contributed by atoms with E-state index in [2.05, 4.69) is 0 Å². The highest BCUT2D eigenvalue weighted by Gasteiger charge is 2.43. The lowest BCUT2D eigenvalue weighted by Gasteiger charge is -2.30. The van der Waals surface area contributed by atoms with Gasteiger partial charge in [-0.3, -0.25) is 9.59 Å². The standard InChI is InChI=1S/C11H22N2O2/c1-7(2)5-11(9(12)14,10(13)15)6-8(3)4/h7-8H,5-6H2,1-4H3,(H2,12,14)(H2,13,15). The van der Waals surface area contributed by atoms with E-state index < -0.39 is 17.2 Å². The lowest BCUT2D eigenvalue weighted by atomic mass is 9.73. The molecule has 0 aromatic heterocycles. The Morgan fingerprint density at radius 1 is 0.933 bits per heavy atom. The molecule has 0 rings (SSSR count). The van der Waals surface area contributed by atoms with E-state index in [-0.39, 0.29) is 11.8 Å². The molecule has 0 aliphatic carbocycles. The monoisotopic (exact) mass is 214 g/mol. The quantitative estimate of drug-likeness (QED) is 0.647. The maximum atomic E-state index is 11.5. The van der Waals surface area contributed by atoms with Gasteiger partial charge in [0.15, 0.2) is 0 Å². The molecule has 0 atom stereocenters. The van der Waals surface area contributed by atoms with Gasteiger partial charge in [-0.25, -0.2) is 0 Å². The van der Waals surface area contributed by atoms with E-state index in [9.17, 15) is 9.59 Å². The van der Waals surface area contributed by atoms with Gasteiger partial charge in [0.1, 0.15) is 5.41 Å². The molecule has 0 fully saturated rings. The molecule has 0 bridgehead atoms. The van der Waals surface area contributed by atoms with E-state index in [1.165, 1.54) is 0 Å². The van der Waals surface area contributed by atoms with Gasteiger partial charge in [0.05, 0.1) is 0 Å². The molecule has 0 aromatic carbocycles. The number of nitrogens with two attached hydrogens (primary N) is 2. The molecule has 15 heavy (non-hydrogen) atoms. The molecule has 4 N–H and O–H groups in total. The van der Waals surface area contributed by atoms with Crippen LogP contribution in [0.1, 0.15) is 40.5 Å². The molecule has 0 aromatic rings. The van der Waals surface area contributed by atoms with Crippen LogP contribution >= 0.6 is 0 Å². The third-order valence-corrected chi connectivity index (χ3v) is 2.46. The second-order valence-electron chi connectivity index (χ2n) is 5.01. The van der Waals surface area contributed by atoms with Crippen LogP contribution < -0.4 is 11.5 Å². The van der Waals surface area contributed by atoms with Crippen molar-refractivity contribution < 1.29 is 9.59 Å². The van der Waals surface area contributed by atoms with Gasteiger partial charge in [-0.2, -0.15) is 0 Å². The number of carbonyl (C=O) groups excluding carboxylic acids is 2. The van der Waals surface area contributed by atoms with Crippen LogP contribution in [0.5, 0.6) is 0 Å². The number of rotatable bonds is 6. The van der Waals surface area contributed by atoms with Gasteiger partial charge in [-0.1, -0.05) is 27.7 Å². The van der Waals surface area contributed by atoms with E-state index in [1.54, 1.807) is 0 Å². The minimum Gasteiger partial charge on any atom is -0.369 e. The van der Waals surface area contributed by atoms with E-state index >= 15 is 0 Å². The summed E-state index contributed by atoms with van der Waals surface area (Å²) in [4.78, 5) is 22.9. The summed E-state index contributed by atoms with van der Waals surface area (Å²) in [5.41, 5.74) is 9.48. The van der Waals surface area contributed by atoms with Gasteiger partial charge >= 0.3 is 0 Å². The van der Waals surface area contributed by atoms with Crippen molar-refractivity contribution in [2.75, 3.05) is 0 Å². The molecule has 0 aliphatic rings. The summed E-state index contributed by atoms with van der Waals surface area (Å²) in [5.74, 6) is -0.776. The number of primary amides is 2. The average molecular weight is 214 g/mol. The molecule has 0 spiro atoms. The van der Waals surface area contributed by atoms with E-state index in [0.29, 0.717) is 12.8 Å². The van der Waals surface area contributed by atoms with Crippen LogP contribution in [-0.4, -0.2) is 11.8 Å². The van der Waals surface area contributed by atoms with Crippen molar-refractivity contribution in [1.82, 2.24) is 0 Å². The highest BCUT2D eigenvalue weighted by molar-refractivity contribution is 6.03. The number of hydrogen-bond acceptors (Lipinski definition) is 2. The summed E-state index contributed by atoms with van der Waals surface area (Å²) in [6.45, 7) is 7.78. The Labute approximate surface area is 91.4 Å². The molecule has 0 saturated heterocycles. The van der Waals surface area contributed by atoms with Crippen molar-refractivity contribution in [3.63, 3.8) is 0 Å². The van der Waals surface area contributed by atoms with Gasteiger partial charge in [-0.05, 0) is 24.7 Å². The molecular formula is C11H22N2O2. The van der Waals surface area contributed by atoms with Crippen molar-refractivity contribution in [3.05, 3.63) is 0 Å². The largest absolute Gasteiger partial charge is 0.369 e. The summed E-state index contributed by atoms with van der Waals surface area (Å²) < 4.78 is 0. The van der Waals surface area contributed by atoms with Crippen molar-refractivity contribution in [2.24, 2.45) is 28.7 Å². The van der Waals surface area contributed by atoms with Crippen molar-refractivity contribution >= 4 is 11.8 Å². The van der Waals surface area contributed by atoms with E-state index in [1.807, 2.05) is 27.7 Å². The molecule has 0 aliphatic heterocycles. The Bertz CT molecular complexity index is 221. The number of carbonyl (C=O) groups is 2. The molecule has 88 valence electrons. The predicted octanol–water partition coefficient (Wildman–Crippen LogP) is 1.04. The molecule has 0 unspecified atom stereocenters. The second kappa shape index (κ2) is 5.14. The van der Waals surface area contributed by atoms with Crippen molar-refractivity contribution in [2.45, 2.75) is 40.5 Å². The lowest BCUT2D eigenvalue weighted by molar-refractivity contribution is -0.142. The maximum Gasteiger partial charge on any atom is 0.233 e. The number of amides is 2. The Morgan fingerprint density at radius 2 is 1.20 bits per heavy atom. The Kier molecular flexibility index (Phi) is 4.78. The number of hydrogen-bond donors (Lipinski definition) is 2. The molecule has 4 nitrogen and oxygen atoms in total. The average Bonchev–Trinajstić information content (AvgIpc) is 1.99. The molecule has 4 heteroatoms. The fourth-order valence-electron chi connectivity index (χ4n) is 2.00. The minimum absolute atomic E-state index is 0.212. The summed E-state index contributed by atoms with van der Waals surface area (Å²) in [6, 6.07) is 0. The van der Waals surface area contributed by atoms with Crippen LogP contribution in [0.3, 0.4) is 0 Å². The highest BCUT2D eigenvalue weighted by atomic mass is 16.2. The van der Waals surface area contributed by atoms with Gasteiger partial charge in [0.2, 0.25) is 11.8 Å². The summed E-state index contributed by atoms with van der Waals surface area (Å²) in [7, 11) is 0. The first kappa shape index (κ1) is 13.9. The molecule has 0 radical (unpaired) electrons. The minimum atomic E-state index is -1.18. The Morgan fingerprint density at radius 3 is 1.33 bits per heavy atom. The van der Waals surface area contributed by atoms with Gasteiger partial charge < -0.3 is 11.5 Å². The van der Waals surface area contributed by atoms with Gasteiger partial charge in [0.25, 0.3) is 0 Å². The highest BCUT2D eigenvalue weighted by Crippen LogP contribution is 2.33. The van der Waals surface area contributed by atoms with Crippen LogP contribution in [0.15, 0.2) is 0 Å². The fraction of sp³-hybridized carbons (Fsp3) is 0.818. The Hall–Kier alpha value is -1.06. The van der Waals surface area contributed by atoms with Crippen molar-refractivity contribution in [1.29, 1.82) is 0 Å². The fourth-order valence-corrected chi connectivity index (χ4v) is 2.00. The van der Waals surface area contributed by atoms with Crippen LogP contribution in [0, 0.1) is 17.3 Å². The normalized spacial score (nSPS) is 12.1. The molecule has 2 amide bonds. The second-order valence-corrected chi connectivity index (χ2v) is 5.01. The first-order valence-corrected chi connectivity index (χ1v) is 5.32. The lowest BCUT2D eigenvalue weighted by Crippen LogP contribution is -2.49. The van der Waals surface area contributed by atoms with Crippen LogP contribution in [-0.2, 0) is 9.59 Å². The first-order valence-electron chi connectivity index (χ1n) is 5.32. The Balaban J connectivity index is 5.08. The summed E-state index contributed by atoms with van der Waals surface area (Å²) in [6.07, 6.45) is 0.853. The topological polar surface area (TPSA) is 86.2 Å². The maximum absolute atomic E-state index is 11.5. The molecule has 0 saturated carbocycles. The smallest absolute Gasteiger partial charge is 0.233 e. The summed E-state index contributed by atoms with van der Waals surface area (Å²) in [5, 5.41) is 0. The summed E-state index contributed by atoms with van der Waals surface area (Å²) >= 11 is 0. The molecular weight excluding hydrogens is 192 g/mol. The van der Waals surface area contributed by atoms with Crippen molar-refractivity contribution in [3.8, 4) is 0 Å². The van der Waals surface area contributed by atoms with E-state index in [4.69, 9.17) is 11.5 Å². The van der Waals surface area contributed by atoms with Crippen LogP contribution in [0.2, 0.25) is 0 Å². The first-order chi connectivity index (χ1) is 6.72. The third-order valence-electron chi connectivity index (χ3n) is 2.46.